The smallest absolute Gasteiger partial charge is 0.338 e. The van der Waals surface area contributed by atoms with Crippen LogP contribution in [0.5, 0.6) is 0 Å². The zero-order valence-corrected chi connectivity index (χ0v) is 17.7. The number of nitrogens with one attached hydrogen (secondary N) is 1. The monoisotopic (exact) mass is 437 g/mol. The molecule has 0 saturated carbocycles. The van der Waals surface area contributed by atoms with Gasteiger partial charge in [0.05, 0.1) is 15.7 Å². The number of aromatic nitrogens is 1. The van der Waals surface area contributed by atoms with Crippen molar-refractivity contribution in [3.63, 3.8) is 0 Å². The average molecular weight is 438 g/mol. The Morgan fingerprint density at radius 1 is 1.11 bits per heavy atom. The summed E-state index contributed by atoms with van der Waals surface area (Å²) in [5.74, 6) is 0.366. The molecule has 1 aromatic heterocycles. The highest BCUT2D eigenvalue weighted by Crippen LogP contribution is 2.39. The van der Waals surface area contributed by atoms with Crippen molar-refractivity contribution in [3.05, 3.63) is 63.8 Å². The van der Waals surface area contributed by atoms with E-state index in [0.29, 0.717) is 38.4 Å². The first-order chi connectivity index (χ1) is 13.3. The van der Waals surface area contributed by atoms with Crippen LogP contribution in [-0.2, 0) is 11.0 Å². The minimum atomic E-state index is -1.60. The minimum Gasteiger partial charge on any atom is -0.359 e. The Morgan fingerprint density at radius 2 is 1.71 bits per heavy atom. The standard InChI is InChI=1S/C19H17Cl2N3O3S/c1-11-7-9-13(10-8-11)24(28(3)26)19(25)22-17-12(2)27-23-18(17)16-14(20)5-4-6-15(16)21/h4-10H,1-3H3,(H,22,25)/t28-/m1/s1. The maximum Gasteiger partial charge on any atom is 0.338 e. The van der Waals surface area contributed by atoms with E-state index in [1.807, 2.05) is 19.1 Å². The summed E-state index contributed by atoms with van der Waals surface area (Å²) in [7, 11) is -1.60. The topological polar surface area (TPSA) is 75.4 Å². The van der Waals surface area contributed by atoms with Crippen molar-refractivity contribution in [2.24, 2.45) is 0 Å². The zero-order chi connectivity index (χ0) is 20.4. The molecule has 3 aromatic rings. The number of aryl methyl sites for hydroxylation is 2. The summed E-state index contributed by atoms with van der Waals surface area (Å²) in [6, 6.07) is 11.6. The molecule has 2 aromatic carbocycles. The molecule has 6 nitrogen and oxygen atoms in total. The van der Waals surface area contributed by atoms with Gasteiger partial charge in [-0.1, -0.05) is 52.1 Å². The van der Waals surface area contributed by atoms with Crippen molar-refractivity contribution in [2.75, 3.05) is 15.9 Å². The number of halogens is 2. The Bertz CT molecular complexity index is 1030. The fourth-order valence-corrected chi connectivity index (χ4v) is 3.91. The quantitative estimate of drug-likeness (QED) is 0.576. The molecule has 0 aliphatic heterocycles. The van der Waals surface area contributed by atoms with E-state index in [0.717, 1.165) is 9.87 Å². The summed E-state index contributed by atoms with van der Waals surface area (Å²) < 4.78 is 18.6. The van der Waals surface area contributed by atoms with Gasteiger partial charge in [0, 0.05) is 11.8 Å². The van der Waals surface area contributed by atoms with Gasteiger partial charge in [-0.25, -0.2) is 13.3 Å². The number of hydrogen-bond acceptors (Lipinski definition) is 4. The summed E-state index contributed by atoms with van der Waals surface area (Å²) in [5.41, 5.74) is 2.57. The van der Waals surface area contributed by atoms with Crippen LogP contribution in [0.25, 0.3) is 11.3 Å². The number of hydrogen-bond donors (Lipinski definition) is 1. The number of benzene rings is 2. The Kier molecular flexibility index (Phi) is 6.07. The molecule has 0 spiro atoms. The SMILES string of the molecule is Cc1ccc(N(C(=O)Nc2c(-c3c(Cl)cccc3Cl)noc2C)[S@@](C)=O)cc1. The molecule has 9 heteroatoms. The van der Waals surface area contributed by atoms with Crippen molar-refractivity contribution in [2.45, 2.75) is 13.8 Å². The zero-order valence-electron chi connectivity index (χ0n) is 15.3. The van der Waals surface area contributed by atoms with E-state index in [1.165, 1.54) is 6.26 Å². The molecule has 0 radical (unpaired) electrons. The number of urea groups is 1. The molecule has 28 heavy (non-hydrogen) atoms. The van der Waals surface area contributed by atoms with Gasteiger partial charge >= 0.3 is 6.03 Å². The molecule has 3 rings (SSSR count). The van der Waals surface area contributed by atoms with Gasteiger partial charge in [-0.15, -0.1) is 0 Å². The Morgan fingerprint density at radius 3 is 2.29 bits per heavy atom. The lowest BCUT2D eigenvalue weighted by Crippen LogP contribution is -2.36. The highest BCUT2D eigenvalue weighted by molar-refractivity contribution is 7.86. The molecule has 146 valence electrons. The maximum absolute atomic E-state index is 12.9. The lowest BCUT2D eigenvalue weighted by molar-refractivity contribution is 0.260. The molecule has 0 aliphatic rings. The first-order valence-corrected chi connectivity index (χ1v) is 10.5. The number of nitrogens with zero attached hydrogens (tertiary/aromatic N) is 2. The second kappa shape index (κ2) is 8.34. The molecule has 0 saturated heterocycles. The van der Waals surface area contributed by atoms with E-state index in [9.17, 15) is 9.00 Å². The normalized spacial score (nSPS) is 11.9. The number of anilines is 2. The van der Waals surface area contributed by atoms with Crippen molar-refractivity contribution in [1.29, 1.82) is 0 Å². The van der Waals surface area contributed by atoms with Gasteiger partial charge in [0.1, 0.15) is 22.4 Å². The lowest BCUT2D eigenvalue weighted by atomic mass is 10.1. The molecular formula is C19H17Cl2N3O3S. The highest BCUT2D eigenvalue weighted by atomic mass is 35.5. The molecule has 1 heterocycles. The third-order valence-corrected chi connectivity index (χ3v) is 5.53. The summed E-state index contributed by atoms with van der Waals surface area (Å²) in [4.78, 5) is 12.9. The molecule has 1 N–H and O–H groups in total. The number of carbonyl (C=O) groups is 1. The number of amides is 2. The van der Waals surface area contributed by atoms with Crippen LogP contribution in [0.4, 0.5) is 16.2 Å². The highest BCUT2D eigenvalue weighted by Gasteiger charge is 2.25. The van der Waals surface area contributed by atoms with Crippen molar-refractivity contribution in [1.82, 2.24) is 5.16 Å². The van der Waals surface area contributed by atoms with Crippen LogP contribution in [-0.4, -0.2) is 21.7 Å². The van der Waals surface area contributed by atoms with Crippen LogP contribution >= 0.6 is 23.2 Å². The molecule has 0 fully saturated rings. The van der Waals surface area contributed by atoms with Gasteiger partial charge in [0.15, 0.2) is 5.76 Å². The third kappa shape index (κ3) is 4.06. The Balaban J connectivity index is 1.99. The van der Waals surface area contributed by atoms with Gasteiger partial charge in [0.25, 0.3) is 0 Å². The summed E-state index contributed by atoms with van der Waals surface area (Å²) in [6.07, 6.45) is 1.42. The fraction of sp³-hybridized carbons (Fsp3) is 0.158. The Labute approximate surface area is 175 Å². The van der Waals surface area contributed by atoms with Crippen molar-refractivity contribution in [3.8, 4) is 11.3 Å². The molecule has 0 unspecified atom stereocenters. The van der Waals surface area contributed by atoms with Gasteiger partial charge in [-0.3, -0.25) is 0 Å². The van der Waals surface area contributed by atoms with Gasteiger partial charge in [-0.05, 0) is 38.1 Å². The first-order valence-electron chi connectivity index (χ1n) is 8.21. The summed E-state index contributed by atoms with van der Waals surface area (Å²) >= 11 is 12.5. The van der Waals surface area contributed by atoms with Crippen LogP contribution in [0, 0.1) is 13.8 Å². The van der Waals surface area contributed by atoms with Crippen LogP contribution in [0.15, 0.2) is 47.0 Å². The predicted molar refractivity (Wildman–Crippen MR) is 113 cm³/mol. The summed E-state index contributed by atoms with van der Waals surface area (Å²) in [5, 5.41) is 7.46. The maximum atomic E-state index is 12.9. The van der Waals surface area contributed by atoms with Crippen LogP contribution in [0.2, 0.25) is 10.0 Å². The number of carbonyl (C=O) groups excluding carboxylic acids is 1. The van der Waals surface area contributed by atoms with E-state index in [-0.39, 0.29) is 0 Å². The van der Waals surface area contributed by atoms with Gasteiger partial charge in [0.2, 0.25) is 0 Å². The van der Waals surface area contributed by atoms with Crippen LogP contribution in [0.1, 0.15) is 11.3 Å². The minimum absolute atomic E-state index is 0.298. The largest absolute Gasteiger partial charge is 0.359 e. The number of rotatable bonds is 4. The second-order valence-corrected chi connectivity index (χ2v) is 8.07. The Hall–Kier alpha value is -2.35. The van der Waals surface area contributed by atoms with E-state index in [1.54, 1.807) is 37.3 Å². The van der Waals surface area contributed by atoms with E-state index in [4.69, 9.17) is 27.7 Å². The van der Waals surface area contributed by atoms with Crippen LogP contribution < -0.4 is 9.62 Å². The predicted octanol–water partition coefficient (Wildman–Crippen LogP) is 5.60. The molecular weight excluding hydrogens is 421 g/mol. The van der Waals surface area contributed by atoms with Gasteiger partial charge in [-0.2, -0.15) is 0 Å². The average Bonchev–Trinajstić information content (AvgIpc) is 2.97. The van der Waals surface area contributed by atoms with Crippen LogP contribution in [0.3, 0.4) is 0 Å². The molecule has 0 aliphatic carbocycles. The third-order valence-electron chi connectivity index (χ3n) is 4.00. The van der Waals surface area contributed by atoms with E-state index in [2.05, 4.69) is 10.5 Å². The second-order valence-electron chi connectivity index (χ2n) is 6.04. The fourth-order valence-electron chi connectivity index (χ4n) is 2.63. The lowest BCUT2D eigenvalue weighted by Gasteiger charge is -2.20. The first kappa shape index (κ1) is 20.4. The molecule has 1 atom stereocenters. The van der Waals surface area contributed by atoms with Crippen molar-refractivity contribution < 1.29 is 13.5 Å². The molecule has 2 amide bonds. The van der Waals surface area contributed by atoms with E-state index >= 15 is 0 Å². The van der Waals surface area contributed by atoms with Gasteiger partial charge < -0.3 is 9.84 Å². The van der Waals surface area contributed by atoms with Crippen molar-refractivity contribution >= 4 is 51.6 Å². The summed E-state index contributed by atoms with van der Waals surface area (Å²) in [6.45, 7) is 3.58. The molecule has 0 bridgehead atoms. The van der Waals surface area contributed by atoms with E-state index < -0.39 is 17.0 Å².